The summed E-state index contributed by atoms with van der Waals surface area (Å²) in [7, 11) is 0. The van der Waals surface area contributed by atoms with E-state index < -0.39 is 0 Å². The Bertz CT molecular complexity index is 1350. The first-order valence-corrected chi connectivity index (χ1v) is 11.6. The molecule has 1 aromatic heterocycles. The number of carbonyl (C=O) groups is 1. The molecule has 0 atom stereocenters. The van der Waals surface area contributed by atoms with E-state index in [1.807, 2.05) is 30.5 Å². The van der Waals surface area contributed by atoms with Crippen LogP contribution < -0.4 is 10.2 Å². The van der Waals surface area contributed by atoms with Gasteiger partial charge < -0.3 is 19.9 Å². The van der Waals surface area contributed by atoms with Crippen molar-refractivity contribution in [3.05, 3.63) is 95.7 Å². The highest BCUT2D eigenvalue weighted by atomic mass is 16.5. The van der Waals surface area contributed by atoms with Crippen LogP contribution in [0.5, 0.6) is 0 Å². The number of aromatic nitrogens is 2. The van der Waals surface area contributed by atoms with E-state index in [1.54, 1.807) is 24.3 Å². The molecule has 4 aromatic rings. The Balaban J connectivity index is 1.21. The molecule has 7 nitrogen and oxygen atoms in total. The molecule has 1 aliphatic rings. The molecule has 1 fully saturated rings. The molecule has 1 aliphatic heterocycles. The molecule has 7 heteroatoms. The number of nitrogens with zero attached hydrogens (tertiary/aromatic N) is 3. The van der Waals surface area contributed by atoms with E-state index in [9.17, 15) is 4.79 Å². The van der Waals surface area contributed by atoms with Crippen LogP contribution in [0, 0.1) is 11.3 Å². The van der Waals surface area contributed by atoms with Crippen molar-refractivity contribution in [1.82, 2.24) is 15.3 Å². The van der Waals surface area contributed by atoms with Crippen LogP contribution in [0.1, 0.15) is 21.5 Å². The van der Waals surface area contributed by atoms with E-state index in [2.05, 4.69) is 50.5 Å². The second-order valence-electron chi connectivity index (χ2n) is 8.36. The minimum Gasteiger partial charge on any atom is -0.378 e. The van der Waals surface area contributed by atoms with Gasteiger partial charge in [-0.2, -0.15) is 5.26 Å². The smallest absolute Gasteiger partial charge is 0.251 e. The molecule has 2 N–H and O–H groups in total. The van der Waals surface area contributed by atoms with E-state index >= 15 is 0 Å². The van der Waals surface area contributed by atoms with Crippen LogP contribution in [0.2, 0.25) is 0 Å². The number of H-pyrrole nitrogens is 1. The Labute approximate surface area is 204 Å². The van der Waals surface area contributed by atoms with Gasteiger partial charge in [0, 0.05) is 36.4 Å². The lowest BCUT2D eigenvalue weighted by atomic mass is 10.1. The van der Waals surface area contributed by atoms with Gasteiger partial charge in [0.15, 0.2) is 0 Å². The first-order valence-electron chi connectivity index (χ1n) is 11.6. The van der Waals surface area contributed by atoms with Crippen molar-refractivity contribution in [3.63, 3.8) is 0 Å². The number of imidazole rings is 1. The third kappa shape index (κ3) is 5.24. The molecule has 1 saturated heterocycles. The third-order valence-corrected chi connectivity index (χ3v) is 6.06. The topological polar surface area (TPSA) is 94.0 Å². The number of rotatable bonds is 6. The van der Waals surface area contributed by atoms with Crippen molar-refractivity contribution < 1.29 is 9.53 Å². The van der Waals surface area contributed by atoms with E-state index in [1.165, 1.54) is 5.69 Å². The number of hydrogen-bond acceptors (Lipinski definition) is 5. The maximum absolute atomic E-state index is 12.4. The average Bonchev–Trinajstić information content (AvgIpc) is 3.43. The molecule has 0 aliphatic carbocycles. The summed E-state index contributed by atoms with van der Waals surface area (Å²) >= 11 is 0. The largest absolute Gasteiger partial charge is 0.378 e. The number of nitrogens with one attached hydrogen (secondary N) is 2. The van der Waals surface area contributed by atoms with E-state index in [-0.39, 0.29) is 5.91 Å². The fourth-order valence-electron chi connectivity index (χ4n) is 4.08. The van der Waals surface area contributed by atoms with Crippen molar-refractivity contribution >= 4 is 11.6 Å². The highest BCUT2D eigenvalue weighted by Gasteiger charge is 2.12. The van der Waals surface area contributed by atoms with Gasteiger partial charge in [0.1, 0.15) is 5.82 Å². The first-order chi connectivity index (χ1) is 17.2. The highest BCUT2D eigenvalue weighted by Crippen LogP contribution is 2.25. The van der Waals surface area contributed by atoms with Crippen molar-refractivity contribution in [2.24, 2.45) is 0 Å². The zero-order valence-corrected chi connectivity index (χ0v) is 19.2. The molecule has 0 saturated carbocycles. The third-order valence-electron chi connectivity index (χ3n) is 6.06. The SMILES string of the molecule is N#Cc1cccc(C(=O)NCc2ccc(-c3ncc(-c4ccc(N5CCOCC5)cc4)[nH]3)cc2)c1. The normalized spacial score (nSPS) is 13.3. The van der Waals surface area contributed by atoms with Gasteiger partial charge in [-0.25, -0.2) is 4.98 Å². The number of ether oxygens (including phenoxy) is 1. The lowest BCUT2D eigenvalue weighted by molar-refractivity contribution is 0.0951. The summed E-state index contributed by atoms with van der Waals surface area (Å²) in [4.78, 5) is 22.7. The summed E-state index contributed by atoms with van der Waals surface area (Å²) in [6.45, 7) is 3.78. The van der Waals surface area contributed by atoms with Crippen molar-refractivity contribution in [1.29, 1.82) is 5.26 Å². The Morgan fingerprint density at radius 2 is 1.77 bits per heavy atom. The maximum Gasteiger partial charge on any atom is 0.251 e. The highest BCUT2D eigenvalue weighted by molar-refractivity contribution is 5.94. The molecule has 2 heterocycles. The second kappa shape index (κ2) is 10.2. The van der Waals surface area contributed by atoms with Crippen molar-refractivity contribution in [3.8, 4) is 28.7 Å². The maximum atomic E-state index is 12.4. The average molecular weight is 464 g/mol. The molecule has 35 heavy (non-hydrogen) atoms. The number of aromatic amines is 1. The zero-order chi connectivity index (χ0) is 24.0. The Morgan fingerprint density at radius 3 is 2.51 bits per heavy atom. The number of amides is 1. The Kier molecular flexibility index (Phi) is 6.55. The van der Waals surface area contributed by atoms with Gasteiger partial charge in [0.2, 0.25) is 0 Å². The summed E-state index contributed by atoms with van der Waals surface area (Å²) in [5, 5.41) is 11.9. The van der Waals surface area contributed by atoms with E-state index in [4.69, 9.17) is 10.00 Å². The molecule has 174 valence electrons. The molecule has 0 radical (unpaired) electrons. The minimum absolute atomic E-state index is 0.207. The number of benzene rings is 3. The van der Waals surface area contributed by atoms with Gasteiger partial charge in [-0.1, -0.05) is 42.5 Å². The molecule has 5 rings (SSSR count). The van der Waals surface area contributed by atoms with Crippen molar-refractivity contribution in [2.45, 2.75) is 6.54 Å². The van der Waals surface area contributed by atoms with Gasteiger partial charge in [-0.15, -0.1) is 0 Å². The molecule has 1 amide bonds. The fourth-order valence-corrected chi connectivity index (χ4v) is 4.08. The van der Waals surface area contributed by atoms with Crippen LogP contribution in [0.3, 0.4) is 0 Å². The lowest BCUT2D eigenvalue weighted by Gasteiger charge is -2.28. The van der Waals surface area contributed by atoms with Gasteiger partial charge in [0.05, 0.1) is 36.7 Å². The van der Waals surface area contributed by atoms with Crippen LogP contribution in [-0.4, -0.2) is 42.2 Å². The predicted molar refractivity (Wildman–Crippen MR) is 135 cm³/mol. The van der Waals surface area contributed by atoms with Crippen LogP contribution in [0.15, 0.2) is 79.0 Å². The zero-order valence-electron chi connectivity index (χ0n) is 19.2. The van der Waals surface area contributed by atoms with Gasteiger partial charge >= 0.3 is 0 Å². The lowest BCUT2D eigenvalue weighted by Crippen LogP contribution is -2.36. The van der Waals surface area contributed by atoms with Crippen molar-refractivity contribution in [2.75, 3.05) is 31.2 Å². The van der Waals surface area contributed by atoms with Crippen LogP contribution in [0.25, 0.3) is 22.6 Å². The molecular weight excluding hydrogens is 438 g/mol. The fraction of sp³-hybridized carbons (Fsp3) is 0.179. The standard InChI is InChI=1S/C28H25N5O2/c29-17-21-2-1-3-24(16-21)28(34)31-18-20-4-6-23(7-5-20)27-30-19-26(32-27)22-8-10-25(11-9-22)33-12-14-35-15-13-33/h1-11,16,19H,12-15,18H2,(H,30,32)(H,31,34). The van der Waals surface area contributed by atoms with Crippen LogP contribution >= 0.6 is 0 Å². The van der Waals surface area contributed by atoms with Gasteiger partial charge in [-0.3, -0.25) is 4.79 Å². The quantitative estimate of drug-likeness (QED) is 0.443. The summed E-state index contributed by atoms with van der Waals surface area (Å²) in [6.07, 6.45) is 1.85. The molecule has 3 aromatic carbocycles. The van der Waals surface area contributed by atoms with Crippen LogP contribution in [0.4, 0.5) is 5.69 Å². The predicted octanol–water partition coefficient (Wildman–Crippen LogP) is 4.38. The number of hydrogen-bond donors (Lipinski definition) is 2. The molecule has 0 bridgehead atoms. The number of anilines is 1. The van der Waals surface area contributed by atoms with Gasteiger partial charge in [-0.05, 0) is 41.5 Å². The monoisotopic (exact) mass is 463 g/mol. The Hall–Kier alpha value is -4.41. The minimum atomic E-state index is -0.207. The number of morpholine rings is 1. The first kappa shape index (κ1) is 22.4. The summed E-state index contributed by atoms with van der Waals surface area (Å²) in [5.41, 5.74) is 6.14. The summed E-state index contributed by atoms with van der Waals surface area (Å²) < 4.78 is 5.43. The molecular formula is C28H25N5O2. The van der Waals surface area contributed by atoms with Gasteiger partial charge in [0.25, 0.3) is 5.91 Å². The van der Waals surface area contributed by atoms with E-state index in [0.29, 0.717) is 17.7 Å². The van der Waals surface area contributed by atoms with E-state index in [0.717, 1.165) is 54.5 Å². The molecule has 0 spiro atoms. The second-order valence-corrected chi connectivity index (χ2v) is 8.36. The number of carbonyl (C=O) groups excluding carboxylic acids is 1. The number of nitriles is 1. The summed E-state index contributed by atoms with van der Waals surface area (Å²) in [5.74, 6) is 0.586. The Morgan fingerprint density at radius 1 is 1.03 bits per heavy atom. The summed E-state index contributed by atoms with van der Waals surface area (Å²) in [6, 6.07) is 25.1. The van der Waals surface area contributed by atoms with Crippen LogP contribution in [-0.2, 0) is 11.3 Å². The molecule has 0 unspecified atom stereocenters.